The smallest absolute Gasteiger partial charge is 0.316 e. The average molecular weight is 259 g/mol. The standard InChI is InChI=1S/C14H17N3O2/c1-16-8-9-17(14(19)13(16)18)7-3-5-11-4-2-6-12(15)10-11/h2,4,6,8-10H,3,5,7,15H2,1H3. The van der Waals surface area contributed by atoms with Crippen LogP contribution in [-0.2, 0) is 20.0 Å². The van der Waals surface area contributed by atoms with Crippen molar-refractivity contribution < 1.29 is 0 Å². The van der Waals surface area contributed by atoms with Crippen LogP contribution < -0.4 is 16.9 Å². The average Bonchev–Trinajstić information content (AvgIpc) is 2.39. The van der Waals surface area contributed by atoms with E-state index >= 15 is 0 Å². The second kappa shape index (κ2) is 5.56. The zero-order valence-electron chi connectivity index (χ0n) is 10.9. The molecule has 1 heterocycles. The Labute approximate surface area is 110 Å². The Bertz CT molecular complexity index is 686. The Balaban J connectivity index is 2.02. The fourth-order valence-electron chi connectivity index (χ4n) is 1.97. The van der Waals surface area contributed by atoms with E-state index in [-0.39, 0.29) is 0 Å². The molecule has 0 aliphatic rings. The molecule has 0 unspecified atom stereocenters. The van der Waals surface area contributed by atoms with Gasteiger partial charge in [-0.25, -0.2) is 0 Å². The molecular weight excluding hydrogens is 242 g/mol. The molecule has 5 nitrogen and oxygen atoms in total. The molecule has 0 amide bonds. The van der Waals surface area contributed by atoms with E-state index in [0.29, 0.717) is 6.54 Å². The number of hydrogen-bond donors (Lipinski definition) is 1. The van der Waals surface area contributed by atoms with Gasteiger partial charge in [0.15, 0.2) is 0 Å². The molecule has 0 saturated carbocycles. The van der Waals surface area contributed by atoms with E-state index in [2.05, 4.69) is 0 Å². The second-order valence-corrected chi connectivity index (χ2v) is 4.56. The molecular formula is C14H17N3O2. The summed E-state index contributed by atoms with van der Waals surface area (Å²) < 4.78 is 2.74. The Morgan fingerprint density at radius 2 is 1.95 bits per heavy atom. The van der Waals surface area contributed by atoms with Gasteiger partial charge in [0.05, 0.1) is 0 Å². The van der Waals surface area contributed by atoms with Gasteiger partial charge in [0.2, 0.25) is 0 Å². The maximum absolute atomic E-state index is 11.7. The van der Waals surface area contributed by atoms with Crippen LogP contribution in [0, 0.1) is 0 Å². The molecule has 2 aromatic rings. The fourth-order valence-corrected chi connectivity index (χ4v) is 1.97. The van der Waals surface area contributed by atoms with Gasteiger partial charge in [-0.3, -0.25) is 9.59 Å². The summed E-state index contributed by atoms with van der Waals surface area (Å²) in [5.74, 6) is 0. The SMILES string of the molecule is Cn1ccn(CCCc2cccc(N)c2)c(=O)c1=O. The number of nitrogen functional groups attached to an aromatic ring is 1. The quantitative estimate of drug-likeness (QED) is 0.651. The molecule has 0 aliphatic carbocycles. The highest BCUT2D eigenvalue weighted by Gasteiger charge is 2.02. The molecule has 1 aromatic carbocycles. The fraction of sp³-hybridized carbons (Fsp3) is 0.286. The number of aromatic nitrogens is 2. The van der Waals surface area contributed by atoms with Crippen LogP contribution in [0.15, 0.2) is 46.2 Å². The van der Waals surface area contributed by atoms with Crippen LogP contribution >= 0.6 is 0 Å². The zero-order chi connectivity index (χ0) is 13.8. The first-order chi connectivity index (χ1) is 9.08. The largest absolute Gasteiger partial charge is 0.399 e. The minimum Gasteiger partial charge on any atom is -0.399 e. The lowest BCUT2D eigenvalue weighted by molar-refractivity contribution is 0.600. The van der Waals surface area contributed by atoms with Crippen molar-refractivity contribution in [2.75, 3.05) is 5.73 Å². The molecule has 1 aromatic heterocycles. The number of rotatable bonds is 4. The molecule has 19 heavy (non-hydrogen) atoms. The zero-order valence-corrected chi connectivity index (χ0v) is 10.9. The van der Waals surface area contributed by atoms with E-state index in [1.165, 1.54) is 9.13 Å². The predicted octanol–water partition coefficient (Wildman–Crippen LogP) is 0.762. The van der Waals surface area contributed by atoms with Gasteiger partial charge in [-0.2, -0.15) is 0 Å². The number of nitrogens with zero attached hydrogens (tertiary/aromatic N) is 2. The first-order valence-electron chi connectivity index (χ1n) is 6.18. The third kappa shape index (κ3) is 3.13. The minimum atomic E-state index is -0.494. The minimum absolute atomic E-state index is 0.474. The number of aryl methyl sites for hydroxylation is 3. The van der Waals surface area contributed by atoms with Gasteiger partial charge >= 0.3 is 11.1 Å². The Kier molecular flexibility index (Phi) is 3.85. The molecule has 5 heteroatoms. The van der Waals surface area contributed by atoms with Crippen molar-refractivity contribution in [3.05, 3.63) is 62.9 Å². The topological polar surface area (TPSA) is 70.0 Å². The van der Waals surface area contributed by atoms with Crippen molar-refractivity contribution in [3.63, 3.8) is 0 Å². The summed E-state index contributed by atoms with van der Waals surface area (Å²) >= 11 is 0. The summed E-state index contributed by atoms with van der Waals surface area (Å²) in [7, 11) is 1.57. The van der Waals surface area contributed by atoms with Crippen molar-refractivity contribution in [1.82, 2.24) is 9.13 Å². The molecule has 0 radical (unpaired) electrons. The van der Waals surface area contributed by atoms with Gasteiger partial charge in [0.25, 0.3) is 0 Å². The molecule has 0 bridgehead atoms. The van der Waals surface area contributed by atoms with Gasteiger partial charge in [0, 0.05) is 31.7 Å². The number of benzene rings is 1. The van der Waals surface area contributed by atoms with Gasteiger partial charge in [-0.1, -0.05) is 12.1 Å². The lowest BCUT2D eigenvalue weighted by Crippen LogP contribution is -2.39. The van der Waals surface area contributed by atoms with E-state index in [1.807, 2.05) is 24.3 Å². The van der Waals surface area contributed by atoms with Crippen molar-refractivity contribution in [3.8, 4) is 0 Å². The van der Waals surface area contributed by atoms with E-state index in [1.54, 1.807) is 19.4 Å². The van der Waals surface area contributed by atoms with E-state index in [0.717, 1.165) is 24.1 Å². The van der Waals surface area contributed by atoms with Gasteiger partial charge < -0.3 is 14.9 Å². The molecule has 0 aliphatic heterocycles. The van der Waals surface area contributed by atoms with Gasteiger partial charge in [-0.05, 0) is 30.5 Å². The first-order valence-corrected chi connectivity index (χ1v) is 6.18. The Hall–Kier alpha value is -2.30. The lowest BCUT2D eigenvalue weighted by Gasteiger charge is -2.06. The lowest BCUT2D eigenvalue weighted by atomic mass is 10.1. The maximum Gasteiger partial charge on any atom is 0.316 e. The third-order valence-electron chi connectivity index (χ3n) is 3.05. The van der Waals surface area contributed by atoms with Gasteiger partial charge in [0.1, 0.15) is 0 Å². The first kappa shape index (κ1) is 13.1. The summed E-state index contributed by atoms with van der Waals surface area (Å²) in [4.78, 5) is 23.2. The molecule has 0 atom stereocenters. The van der Waals surface area contributed by atoms with Crippen LogP contribution in [0.25, 0.3) is 0 Å². The Morgan fingerprint density at radius 3 is 2.68 bits per heavy atom. The van der Waals surface area contributed by atoms with Crippen LogP contribution in [-0.4, -0.2) is 9.13 Å². The van der Waals surface area contributed by atoms with Crippen molar-refractivity contribution in [2.45, 2.75) is 19.4 Å². The van der Waals surface area contributed by atoms with Crippen molar-refractivity contribution >= 4 is 5.69 Å². The second-order valence-electron chi connectivity index (χ2n) is 4.56. The third-order valence-corrected chi connectivity index (χ3v) is 3.05. The van der Waals surface area contributed by atoms with Crippen LogP contribution in [0.3, 0.4) is 0 Å². The normalized spacial score (nSPS) is 10.6. The van der Waals surface area contributed by atoms with Crippen LogP contribution in [0.5, 0.6) is 0 Å². The van der Waals surface area contributed by atoms with E-state index < -0.39 is 11.1 Å². The van der Waals surface area contributed by atoms with Crippen molar-refractivity contribution in [1.29, 1.82) is 0 Å². The van der Waals surface area contributed by atoms with E-state index in [4.69, 9.17) is 5.73 Å². The maximum atomic E-state index is 11.7. The highest BCUT2D eigenvalue weighted by Crippen LogP contribution is 2.08. The summed E-state index contributed by atoms with van der Waals surface area (Å²) in [6.45, 7) is 0.531. The summed E-state index contributed by atoms with van der Waals surface area (Å²) in [5.41, 5.74) is 6.61. The van der Waals surface area contributed by atoms with Crippen LogP contribution in [0.4, 0.5) is 5.69 Å². The summed E-state index contributed by atoms with van der Waals surface area (Å²) in [6.07, 6.45) is 4.86. The number of anilines is 1. The van der Waals surface area contributed by atoms with Crippen molar-refractivity contribution in [2.24, 2.45) is 7.05 Å². The molecule has 100 valence electrons. The number of nitrogens with two attached hydrogens (primary N) is 1. The summed E-state index contributed by atoms with van der Waals surface area (Å²) in [5, 5.41) is 0. The highest BCUT2D eigenvalue weighted by molar-refractivity contribution is 5.40. The van der Waals surface area contributed by atoms with Crippen LogP contribution in [0.1, 0.15) is 12.0 Å². The summed E-state index contributed by atoms with van der Waals surface area (Å²) in [6, 6.07) is 7.68. The highest BCUT2D eigenvalue weighted by atomic mass is 16.2. The molecule has 2 N–H and O–H groups in total. The molecule has 0 spiro atoms. The molecule has 0 fully saturated rings. The predicted molar refractivity (Wildman–Crippen MR) is 75.1 cm³/mol. The number of hydrogen-bond acceptors (Lipinski definition) is 3. The van der Waals surface area contributed by atoms with E-state index in [9.17, 15) is 9.59 Å². The molecule has 2 rings (SSSR count). The van der Waals surface area contributed by atoms with Gasteiger partial charge in [-0.15, -0.1) is 0 Å². The molecule has 0 saturated heterocycles. The van der Waals surface area contributed by atoms with Crippen LogP contribution in [0.2, 0.25) is 0 Å². The Morgan fingerprint density at radius 1 is 1.16 bits per heavy atom. The monoisotopic (exact) mass is 259 g/mol.